The summed E-state index contributed by atoms with van der Waals surface area (Å²) in [4.78, 5) is 27.3. The van der Waals surface area contributed by atoms with Crippen LogP contribution in [0.2, 0.25) is 0 Å². The van der Waals surface area contributed by atoms with Crippen LogP contribution in [0.5, 0.6) is 11.5 Å². The summed E-state index contributed by atoms with van der Waals surface area (Å²) in [6, 6.07) is 1.34. The smallest absolute Gasteiger partial charge is 0.405 e. The number of anilines is 2. The summed E-state index contributed by atoms with van der Waals surface area (Å²) in [6.45, 7) is 10.6. The lowest BCUT2D eigenvalue weighted by Crippen LogP contribution is -2.37. The number of ether oxygens (including phenoxy) is 3. The average molecular weight is 645 g/mol. The lowest BCUT2D eigenvalue weighted by Gasteiger charge is -2.29. The molecule has 0 unspecified atom stereocenters. The minimum Gasteiger partial charge on any atom is -0.506 e. The second-order valence-corrected chi connectivity index (χ2v) is 12.4. The number of phenolic OH excluding ortho intramolecular Hbond substituents is 2. The number of carbonyl (C=O) groups is 2. The monoisotopic (exact) mass is 644 g/mol. The molecule has 7 N–H and O–H groups in total. The van der Waals surface area contributed by atoms with Crippen molar-refractivity contribution >= 4 is 23.4 Å². The molecule has 2 heterocycles. The molecule has 0 spiro atoms. The number of aliphatic hydroxyl groups is 1. The largest absolute Gasteiger partial charge is 0.506 e. The SMILES string of the molecule is CO[C@@H]1/C=C/C=C(\C)C(=O)Nc2cc(O)c(NCCN3CCCC3)c(c2O)C[C@@H](C)C[C@@H](OC)[C@@H](O)[C@@H](C)/C=C(\C)[C@@H]1OC(N)=O. The molecule has 256 valence electrons. The predicted molar refractivity (Wildman–Crippen MR) is 178 cm³/mol. The number of nitrogens with one attached hydrogen (secondary N) is 2. The molecule has 46 heavy (non-hydrogen) atoms. The Kier molecular flexibility index (Phi) is 13.9. The minimum atomic E-state index is -0.982. The van der Waals surface area contributed by atoms with Crippen LogP contribution in [0.4, 0.5) is 16.2 Å². The van der Waals surface area contributed by atoms with E-state index in [-0.39, 0.29) is 23.1 Å². The van der Waals surface area contributed by atoms with Gasteiger partial charge >= 0.3 is 6.09 Å². The van der Waals surface area contributed by atoms with Gasteiger partial charge in [-0.2, -0.15) is 0 Å². The zero-order chi connectivity index (χ0) is 34.0. The summed E-state index contributed by atoms with van der Waals surface area (Å²) in [5, 5.41) is 40.0. The van der Waals surface area contributed by atoms with Crippen LogP contribution in [-0.4, -0.2) is 97.0 Å². The van der Waals surface area contributed by atoms with Gasteiger partial charge in [0.25, 0.3) is 5.91 Å². The van der Waals surface area contributed by atoms with Gasteiger partial charge in [-0.3, -0.25) is 4.79 Å². The maximum Gasteiger partial charge on any atom is 0.405 e. The van der Waals surface area contributed by atoms with E-state index < -0.39 is 42.3 Å². The quantitative estimate of drug-likeness (QED) is 0.144. The number of hydrogen-bond acceptors (Lipinski definition) is 10. The molecule has 2 bridgehead atoms. The number of amides is 2. The summed E-state index contributed by atoms with van der Waals surface area (Å²) in [7, 11) is 2.99. The first-order valence-corrected chi connectivity index (χ1v) is 15.9. The molecule has 0 aromatic heterocycles. The highest BCUT2D eigenvalue weighted by Crippen LogP contribution is 2.42. The highest BCUT2D eigenvalue weighted by Gasteiger charge is 2.30. The normalized spacial score (nSPS) is 30.0. The van der Waals surface area contributed by atoms with E-state index in [2.05, 4.69) is 15.5 Å². The number of aromatic hydroxyl groups is 2. The van der Waals surface area contributed by atoms with Gasteiger partial charge in [-0.05, 0) is 64.1 Å². The summed E-state index contributed by atoms with van der Waals surface area (Å²) >= 11 is 0. The second-order valence-electron chi connectivity index (χ2n) is 12.4. The highest BCUT2D eigenvalue weighted by molar-refractivity contribution is 6.04. The number of rotatable bonds is 7. The molecule has 2 amide bonds. The molecule has 0 radical (unpaired) electrons. The van der Waals surface area contributed by atoms with Gasteiger partial charge in [-0.25, -0.2) is 4.79 Å². The standard InChI is InChI=1S/C34H52N4O8/c1-20-16-24-29(36-12-15-38-13-7-8-14-38)26(39)19-25(31(24)41)37-33(42)21(2)10-9-11-27(44-5)32(46-34(35)43)23(4)18-22(3)30(40)28(17-20)45-6/h9-11,18-20,22,27-28,30,32,36,39-41H,7-8,12-17H2,1-6H3,(H2,35,43)(H,37,42)/b11-9+,21-10+,23-18+/t20-,22+,27-,28-,30+,32+/m1/s1. The predicted octanol–water partition coefficient (Wildman–Crippen LogP) is 4.07. The third-order valence-corrected chi connectivity index (χ3v) is 8.76. The molecule has 0 aliphatic carbocycles. The van der Waals surface area contributed by atoms with Gasteiger partial charge in [0, 0.05) is 50.4 Å². The lowest BCUT2D eigenvalue weighted by molar-refractivity contribution is -0.112. The summed E-state index contributed by atoms with van der Waals surface area (Å²) in [5.74, 6) is -1.26. The molecule has 1 aromatic rings. The van der Waals surface area contributed by atoms with Crippen LogP contribution in [0.25, 0.3) is 0 Å². The number of hydrogen-bond donors (Lipinski definition) is 6. The maximum absolute atomic E-state index is 13.2. The zero-order valence-electron chi connectivity index (χ0n) is 27.9. The van der Waals surface area contributed by atoms with E-state index in [4.69, 9.17) is 19.9 Å². The number of fused-ring (bicyclic) bond motifs is 2. The van der Waals surface area contributed by atoms with Gasteiger partial charge < -0.3 is 50.8 Å². The first-order chi connectivity index (χ1) is 21.9. The third kappa shape index (κ3) is 9.96. The van der Waals surface area contributed by atoms with Crippen LogP contribution in [0.3, 0.4) is 0 Å². The lowest BCUT2D eigenvalue weighted by atomic mass is 9.87. The Bertz CT molecular complexity index is 1290. The number of carbonyl (C=O) groups excluding carboxylic acids is 2. The van der Waals surface area contributed by atoms with Crippen molar-refractivity contribution in [3.63, 3.8) is 0 Å². The molecule has 0 saturated carbocycles. The van der Waals surface area contributed by atoms with Gasteiger partial charge in [0.15, 0.2) is 6.10 Å². The maximum atomic E-state index is 13.2. The van der Waals surface area contributed by atoms with Crippen molar-refractivity contribution in [2.45, 2.75) is 77.8 Å². The Morgan fingerprint density at radius 1 is 1.15 bits per heavy atom. The highest BCUT2D eigenvalue weighted by atomic mass is 16.6. The van der Waals surface area contributed by atoms with Crippen molar-refractivity contribution in [2.24, 2.45) is 17.6 Å². The molecule has 2 aliphatic heterocycles. The second kappa shape index (κ2) is 17.4. The number of benzene rings is 1. The number of primary amides is 1. The molecular formula is C34H52N4O8. The van der Waals surface area contributed by atoms with E-state index in [0.29, 0.717) is 41.8 Å². The molecule has 2 aliphatic rings. The number of aliphatic hydroxyl groups excluding tert-OH is 1. The molecule has 12 nitrogen and oxygen atoms in total. The van der Waals surface area contributed by atoms with Gasteiger partial charge in [0.2, 0.25) is 0 Å². The molecule has 3 rings (SSSR count). The van der Waals surface area contributed by atoms with Crippen molar-refractivity contribution in [1.82, 2.24) is 4.90 Å². The van der Waals surface area contributed by atoms with Crippen molar-refractivity contribution in [2.75, 3.05) is 51.0 Å². The number of nitrogens with two attached hydrogens (primary N) is 1. The van der Waals surface area contributed by atoms with Crippen molar-refractivity contribution in [3.8, 4) is 11.5 Å². The Morgan fingerprint density at radius 3 is 2.48 bits per heavy atom. The average Bonchev–Trinajstić information content (AvgIpc) is 3.53. The van der Waals surface area contributed by atoms with Crippen LogP contribution in [-0.2, 0) is 25.4 Å². The van der Waals surface area contributed by atoms with Gasteiger partial charge in [0.05, 0.1) is 23.6 Å². The van der Waals surface area contributed by atoms with E-state index >= 15 is 0 Å². The summed E-state index contributed by atoms with van der Waals surface area (Å²) in [6.07, 6.45) is 5.52. The van der Waals surface area contributed by atoms with Crippen LogP contribution in [0, 0.1) is 11.8 Å². The van der Waals surface area contributed by atoms with Crippen molar-refractivity contribution in [3.05, 3.63) is 47.1 Å². The van der Waals surface area contributed by atoms with E-state index in [1.54, 1.807) is 38.2 Å². The summed E-state index contributed by atoms with van der Waals surface area (Å²) < 4.78 is 16.7. The number of phenols is 2. The number of nitrogens with zero attached hydrogens (tertiary/aromatic N) is 1. The Hall–Kier alpha value is -3.58. The van der Waals surface area contributed by atoms with E-state index in [0.717, 1.165) is 19.6 Å². The van der Waals surface area contributed by atoms with Crippen LogP contribution in [0.1, 0.15) is 52.5 Å². The topological polar surface area (TPSA) is 176 Å². The fourth-order valence-corrected chi connectivity index (χ4v) is 6.15. The van der Waals surface area contributed by atoms with Gasteiger partial charge in [-0.1, -0.05) is 38.2 Å². The summed E-state index contributed by atoms with van der Waals surface area (Å²) in [5.41, 5.74) is 7.25. The molecule has 1 fully saturated rings. The number of methoxy groups -OCH3 is 2. The first-order valence-electron chi connectivity index (χ1n) is 15.9. The Balaban J connectivity index is 2.04. The van der Waals surface area contributed by atoms with Crippen LogP contribution in [0.15, 0.2) is 41.5 Å². The van der Waals surface area contributed by atoms with Gasteiger partial charge in [-0.15, -0.1) is 0 Å². The zero-order valence-corrected chi connectivity index (χ0v) is 27.9. The Morgan fingerprint density at radius 2 is 1.85 bits per heavy atom. The minimum absolute atomic E-state index is 0.0749. The fourth-order valence-electron chi connectivity index (χ4n) is 6.15. The van der Waals surface area contributed by atoms with Crippen molar-refractivity contribution in [1.29, 1.82) is 0 Å². The fraction of sp³-hybridized carbons (Fsp3) is 0.588. The van der Waals surface area contributed by atoms with E-state index in [9.17, 15) is 24.9 Å². The molecule has 6 atom stereocenters. The molecule has 1 saturated heterocycles. The Labute approximate surface area is 272 Å². The molecule has 1 aromatic carbocycles. The molecule has 12 heteroatoms. The number of allylic oxidation sites excluding steroid dienone is 2. The first kappa shape index (κ1) is 36.9. The van der Waals surface area contributed by atoms with Crippen molar-refractivity contribution < 1.29 is 39.1 Å². The number of likely N-dealkylation sites (tertiary alicyclic amines) is 1. The van der Waals surface area contributed by atoms with Gasteiger partial charge in [0.1, 0.15) is 17.6 Å². The third-order valence-electron chi connectivity index (χ3n) is 8.76. The van der Waals surface area contributed by atoms with Crippen LogP contribution < -0.4 is 16.4 Å². The van der Waals surface area contributed by atoms with Crippen LogP contribution >= 0.6 is 0 Å². The molecular weight excluding hydrogens is 592 g/mol. The van der Waals surface area contributed by atoms with E-state index in [1.807, 2.05) is 13.8 Å². The van der Waals surface area contributed by atoms with E-state index in [1.165, 1.54) is 33.1 Å².